The van der Waals surface area contributed by atoms with Crippen LogP contribution in [-0.4, -0.2) is 18.3 Å². The largest absolute Gasteiger partial charge is 0.310 e. The first-order valence-electron chi connectivity index (χ1n) is 33.7. The molecule has 6 nitrogen and oxygen atoms in total. The molecule has 0 atom stereocenters. The van der Waals surface area contributed by atoms with E-state index in [1.165, 1.54) is 86.7 Å². The Labute approximate surface area is 565 Å². The first-order chi connectivity index (χ1) is 48.7. The minimum atomic E-state index is 1.09. The molecule has 0 saturated carbocycles. The van der Waals surface area contributed by atoms with Crippen LogP contribution >= 0.6 is 0 Å². The zero-order valence-corrected chi connectivity index (χ0v) is 53.3. The zero-order valence-electron chi connectivity index (χ0n) is 53.3. The topological polar surface area (TPSA) is 26.2 Å². The predicted octanol–water partition coefficient (Wildman–Crippen LogP) is 25.0. The molecule has 98 heavy (non-hydrogen) atoms. The molecule has 4 aromatic heterocycles. The molecule has 0 N–H and O–H groups in total. The fourth-order valence-electron chi connectivity index (χ4n) is 16.1. The Balaban J connectivity index is 0.776. The number of hydrogen-bond acceptors (Lipinski definition) is 2. The Morgan fingerprint density at radius 2 is 0.367 bits per heavy atom. The van der Waals surface area contributed by atoms with E-state index in [2.05, 4.69) is 392 Å². The van der Waals surface area contributed by atoms with Gasteiger partial charge in [-0.15, -0.1) is 0 Å². The fraction of sp³-hybridized carbons (Fsp3) is 0. The summed E-state index contributed by atoms with van der Waals surface area (Å²) >= 11 is 0. The van der Waals surface area contributed by atoms with Gasteiger partial charge in [-0.2, -0.15) is 0 Å². The lowest BCUT2D eigenvalue weighted by atomic mass is 9.97. The van der Waals surface area contributed by atoms with Crippen LogP contribution in [0.25, 0.3) is 143 Å². The second kappa shape index (κ2) is 22.2. The Morgan fingerprint density at radius 1 is 0.153 bits per heavy atom. The van der Waals surface area contributed by atoms with Crippen molar-refractivity contribution in [2.24, 2.45) is 0 Å². The van der Waals surface area contributed by atoms with Crippen LogP contribution in [0.15, 0.2) is 364 Å². The van der Waals surface area contributed by atoms with Gasteiger partial charge in [-0.3, -0.25) is 0 Å². The standard InChI is InChI=1S/C92H60N6/c1-9-25-63(26-10-1)93(64-27-11-2-12-28-64)71-43-47-79-87(59-71)97(69-37-21-7-22-38-69)83-55-51-73-75(91(79)83)49-53-81-89(73)77-45-41-61(57-85(77)95(81)67-33-17-5-18-34-67)62-42-46-78-86(58-62)96(68-35-19-6-20-36-68)82-54-50-76-74(90(78)82)52-56-84-92(76)80-48-44-72(60-88(80)98(84)70-39-23-8-24-40-70)94(65-29-13-3-14-30-65)66-31-15-4-16-32-66/h1-60H. The van der Waals surface area contributed by atoms with E-state index in [-0.39, 0.29) is 0 Å². The molecule has 0 aliphatic carbocycles. The van der Waals surface area contributed by atoms with E-state index in [4.69, 9.17) is 0 Å². The zero-order chi connectivity index (χ0) is 64.4. The molecule has 0 aliphatic heterocycles. The smallest absolute Gasteiger partial charge is 0.0562 e. The Hall–Kier alpha value is -13.2. The molecule has 0 amide bonds. The van der Waals surface area contributed by atoms with E-state index in [1.807, 2.05) is 0 Å². The van der Waals surface area contributed by atoms with Gasteiger partial charge in [-0.25, -0.2) is 0 Å². The molecule has 0 saturated heterocycles. The molecule has 6 heteroatoms. The van der Waals surface area contributed by atoms with E-state index in [0.29, 0.717) is 0 Å². The molecule has 4 heterocycles. The molecule has 0 unspecified atom stereocenters. The van der Waals surface area contributed by atoms with Crippen molar-refractivity contribution in [2.75, 3.05) is 9.80 Å². The number of anilines is 6. The summed E-state index contributed by atoms with van der Waals surface area (Å²) in [7, 11) is 0. The van der Waals surface area contributed by atoms with Gasteiger partial charge in [-0.05, 0) is 190 Å². The summed E-state index contributed by atoms with van der Waals surface area (Å²) in [4.78, 5) is 4.71. The lowest BCUT2D eigenvalue weighted by molar-refractivity contribution is 1.18. The average Bonchev–Trinajstić information content (AvgIpc) is 1.55. The van der Waals surface area contributed by atoms with Crippen molar-refractivity contribution >= 4 is 143 Å². The van der Waals surface area contributed by atoms with Gasteiger partial charge >= 0.3 is 0 Å². The van der Waals surface area contributed by atoms with Gasteiger partial charge in [0.15, 0.2) is 0 Å². The molecule has 0 spiro atoms. The quantitative estimate of drug-likeness (QED) is 0.129. The molecule has 16 aromatic carbocycles. The van der Waals surface area contributed by atoms with Crippen LogP contribution in [0.5, 0.6) is 0 Å². The normalized spacial score (nSPS) is 11.9. The van der Waals surface area contributed by atoms with Crippen molar-refractivity contribution in [1.29, 1.82) is 0 Å². The Bertz CT molecular complexity index is 6020. The number of rotatable bonds is 11. The highest BCUT2D eigenvalue weighted by Gasteiger charge is 2.25. The summed E-state index contributed by atoms with van der Waals surface area (Å²) in [5.41, 5.74) is 22.6. The van der Waals surface area contributed by atoms with Gasteiger partial charge < -0.3 is 28.1 Å². The summed E-state index contributed by atoms with van der Waals surface area (Å²) in [6.45, 7) is 0. The van der Waals surface area contributed by atoms with E-state index < -0.39 is 0 Å². The Morgan fingerprint density at radius 3 is 0.622 bits per heavy atom. The van der Waals surface area contributed by atoms with Crippen molar-refractivity contribution < 1.29 is 0 Å². The number of benzene rings is 16. The van der Waals surface area contributed by atoms with E-state index in [1.54, 1.807) is 0 Å². The highest BCUT2D eigenvalue weighted by atomic mass is 15.2. The van der Waals surface area contributed by atoms with Crippen LogP contribution in [0.3, 0.4) is 0 Å². The van der Waals surface area contributed by atoms with E-state index in [9.17, 15) is 0 Å². The first-order valence-corrected chi connectivity index (χ1v) is 33.7. The summed E-state index contributed by atoms with van der Waals surface area (Å²) in [6.07, 6.45) is 0. The average molecular weight is 1250 g/mol. The Kier molecular flexibility index (Phi) is 12.6. The lowest BCUT2D eigenvalue weighted by Crippen LogP contribution is -2.09. The van der Waals surface area contributed by atoms with Crippen LogP contribution in [0.1, 0.15) is 0 Å². The fourth-order valence-corrected chi connectivity index (χ4v) is 16.1. The van der Waals surface area contributed by atoms with Gasteiger partial charge in [0.1, 0.15) is 0 Å². The molecule has 0 bridgehead atoms. The first kappa shape index (κ1) is 55.3. The highest BCUT2D eigenvalue weighted by molar-refractivity contribution is 6.32. The third-order valence-electron chi connectivity index (χ3n) is 20.2. The lowest BCUT2D eigenvalue weighted by Gasteiger charge is -2.25. The van der Waals surface area contributed by atoms with Gasteiger partial charge in [0.2, 0.25) is 0 Å². The second-order valence-electron chi connectivity index (χ2n) is 25.6. The van der Waals surface area contributed by atoms with E-state index >= 15 is 0 Å². The molecule has 20 rings (SSSR count). The minimum Gasteiger partial charge on any atom is -0.310 e. The van der Waals surface area contributed by atoms with Crippen LogP contribution < -0.4 is 9.80 Å². The van der Waals surface area contributed by atoms with Crippen LogP contribution in [0.4, 0.5) is 34.1 Å². The van der Waals surface area contributed by atoms with Crippen molar-refractivity contribution in [3.63, 3.8) is 0 Å². The number of aromatic nitrogens is 4. The number of hydrogen-bond donors (Lipinski definition) is 0. The van der Waals surface area contributed by atoms with Gasteiger partial charge in [0.25, 0.3) is 0 Å². The maximum absolute atomic E-state index is 2.48. The second-order valence-corrected chi connectivity index (χ2v) is 25.6. The number of nitrogens with zero attached hydrogens (tertiary/aromatic N) is 6. The van der Waals surface area contributed by atoms with Crippen LogP contribution in [-0.2, 0) is 0 Å². The summed E-state index contributed by atoms with van der Waals surface area (Å²) in [5.74, 6) is 0. The molecular formula is C92H60N6. The van der Waals surface area contributed by atoms with E-state index in [0.717, 1.165) is 90.1 Å². The molecule has 20 aromatic rings. The van der Waals surface area contributed by atoms with Crippen molar-refractivity contribution in [3.05, 3.63) is 364 Å². The van der Waals surface area contributed by atoms with Crippen LogP contribution in [0.2, 0.25) is 0 Å². The molecule has 0 aliphatic rings. The number of para-hydroxylation sites is 8. The SMILES string of the molecule is c1ccc(N(c2ccccc2)c2ccc3c4c5ccc6c(c5ccc4n(-c4ccccc4)c3c2)c2ccc(-c3ccc4c5c7ccc8c(c7ccc5n(-c5ccccc5)c4c3)c3ccc(N(c4ccccc4)c4ccccc4)cc3n8-c3ccccc3)cc2n6-c2ccccc2)cc1. The van der Waals surface area contributed by atoms with Gasteiger partial charge in [0, 0.05) is 100.0 Å². The molecule has 458 valence electrons. The summed E-state index contributed by atoms with van der Waals surface area (Å²) in [5, 5.41) is 14.7. The van der Waals surface area contributed by atoms with Gasteiger partial charge in [-0.1, -0.05) is 206 Å². The summed E-state index contributed by atoms with van der Waals surface area (Å²) < 4.78 is 9.86. The van der Waals surface area contributed by atoms with Gasteiger partial charge in [0.05, 0.1) is 44.1 Å². The maximum atomic E-state index is 2.48. The van der Waals surface area contributed by atoms with Crippen molar-refractivity contribution in [1.82, 2.24) is 18.3 Å². The molecule has 0 fully saturated rings. The van der Waals surface area contributed by atoms with Crippen molar-refractivity contribution in [2.45, 2.75) is 0 Å². The van der Waals surface area contributed by atoms with Crippen LogP contribution in [0, 0.1) is 0 Å². The number of fused-ring (bicyclic) bond motifs is 18. The molecular weight excluding hydrogens is 1190 g/mol. The molecule has 0 radical (unpaired) electrons. The third kappa shape index (κ3) is 8.54. The highest BCUT2D eigenvalue weighted by Crippen LogP contribution is 2.49. The maximum Gasteiger partial charge on any atom is 0.0562 e. The monoisotopic (exact) mass is 1250 g/mol. The predicted molar refractivity (Wildman–Crippen MR) is 414 cm³/mol. The van der Waals surface area contributed by atoms with Crippen molar-refractivity contribution in [3.8, 4) is 33.9 Å². The minimum absolute atomic E-state index is 1.09. The summed E-state index contributed by atoms with van der Waals surface area (Å²) in [6, 6.07) is 133. The third-order valence-corrected chi connectivity index (χ3v) is 20.2.